The Labute approximate surface area is 117 Å². The van der Waals surface area contributed by atoms with E-state index in [1.54, 1.807) is 7.05 Å². The lowest BCUT2D eigenvalue weighted by atomic mass is 10.2. The average Bonchev–Trinajstić information content (AvgIpc) is 2.81. The first-order valence-corrected chi connectivity index (χ1v) is 6.70. The molecule has 3 N–H and O–H groups in total. The number of ether oxygens (including phenoxy) is 1. The van der Waals surface area contributed by atoms with Crippen LogP contribution in [0.15, 0.2) is 0 Å². The summed E-state index contributed by atoms with van der Waals surface area (Å²) in [6.07, 6.45) is 1.39. The van der Waals surface area contributed by atoms with Gasteiger partial charge in [0.25, 0.3) is 0 Å². The third kappa shape index (κ3) is 3.94. The van der Waals surface area contributed by atoms with Gasteiger partial charge in [-0.1, -0.05) is 0 Å². The van der Waals surface area contributed by atoms with E-state index in [0.29, 0.717) is 24.9 Å². The molecule has 0 aliphatic carbocycles. The second-order valence-electron chi connectivity index (χ2n) is 4.87. The summed E-state index contributed by atoms with van der Waals surface area (Å²) in [5.41, 5.74) is 0. The number of carbonyl (C=O) groups excluding carboxylic acids is 1. The molecule has 1 aliphatic heterocycles. The Bertz CT molecular complexity index is 479. The van der Waals surface area contributed by atoms with Gasteiger partial charge in [-0.05, 0) is 20.3 Å². The van der Waals surface area contributed by atoms with Gasteiger partial charge in [-0.25, -0.2) is 0 Å². The van der Waals surface area contributed by atoms with Crippen LogP contribution >= 0.6 is 0 Å². The van der Waals surface area contributed by atoms with Crippen LogP contribution in [0, 0.1) is 0 Å². The molecule has 1 aliphatic rings. The summed E-state index contributed by atoms with van der Waals surface area (Å²) in [7, 11) is 1.73. The Kier molecular flexibility index (Phi) is 4.54. The van der Waals surface area contributed by atoms with Gasteiger partial charge >= 0.3 is 6.01 Å². The summed E-state index contributed by atoms with van der Waals surface area (Å²) < 4.78 is 5.47. The molecule has 20 heavy (non-hydrogen) atoms. The van der Waals surface area contributed by atoms with Crippen molar-refractivity contribution in [3.8, 4) is 6.01 Å². The molecule has 1 amide bonds. The molecule has 1 atom stereocenters. The Morgan fingerprint density at radius 3 is 2.70 bits per heavy atom. The number of carbonyl (C=O) groups is 1. The maximum Gasteiger partial charge on any atom is 0.323 e. The van der Waals surface area contributed by atoms with E-state index in [9.17, 15) is 4.79 Å². The second-order valence-corrected chi connectivity index (χ2v) is 4.87. The van der Waals surface area contributed by atoms with Crippen LogP contribution < -0.4 is 20.7 Å². The Balaban J connectivity index is 2.00. The molecule has 110 valence electrons. The van der Waals surface area contributed by atoms with Gasteiger partial charge in [-0.3, -0.25) is 4.79 Å². The fraction of sp³-hybridized carbons (Fsp3) is 0.667. The third-order valence-electron chi connectivity index (χ3n) is 2.77. The van der Waals surface area contributed by atoms with Crippen molar-refractivity contribution in [1.29, 1.82) is 0 Å². The zero-order chi connectivity index (χ0) is 14.5. The van der Waals surface area contributed by atoms with E-state index < -0.39 is 0 Å². The predicted molar refractivity (Wildman–Crippen MR) is 74.8 cm³/mol. The van der Waals surface area contributed by atoms with Gasteiger partial charge in [0.1, 0.15) is 0 Å². The first-order chi connectivity index (χ1) is 9.56. The highest BCUT2D eigenvalue weighted by atomic mass is 16.5. The molecule has 0 aromatic carbocycles. The number of rotatable bonds is 6. The summed E-state index contributed by atoms with van der Waals surface area (Å²) in [4.78, 5) is 23.6. The van der Waals surface area contributed by atoms with Crippen molar-refractivity contribution in [2.45, 2.75) is 38.8 Å². The lowest BCUT2D eigenvalue weighted by molar-refractivity contribution is -0.119. The van der Waals surface area contributed by atoms with Gasteiger partial charge in [-0.2, -0.15) is 15.0 Å². The maximum atomic E-state index is 11.1. The standard InChI is InChI=1S/C12H20N6O2/c1-7(2)20-12-17-10(13-3)16-11(18-12)14-6-8-4-5-9(19)15-8/h7-8H,4-6H2,1-3H3,(H,15,19)(H2,13,14,16,17,18). The van der Waals surface area contributed by atoms with Crippen molar-refractivity contribution in [2.24, 2.45) is 0 Å². The molecule has 1 aromatic rings. The minimum atomic E-state index is -0.0101. The SMILES string of the molecule is CNc1nc(NCC2CCC(=O)N2)nc(OC(C)C)n1. The highest BCUT2D eigenvalue weighted by Crippen LogP contribution is 2.13. The zero-order valence-electron chi connectivity index (χ0n) is 11.9. The minimum absolute atomic E-state index is 0.0101. The van der Waals surface area contributed by atoms with E-state index in [1.165, 1.54) is 0 Å². The largest absolute Gasteiger partial charge is 0.461 e. The van der Waals surface area contributed by atoms with Gasteiger partial charge in [0.2, 0.25) is 17.8 Å². The van der Waals surface area contributed by atoms with Crippen LogP contribution in [-0.4, -0.2) is 46.6 Å². The van der Waals surface area contributed by atoms with Crippen molar-refractivity contribution in [3.05, 3.63) is 0 Å². The summed E-state index contributed by atoms with van der Waals surface area (Å²) >= 11 is 0. The molecular formula is C12H20N6O2. The van der Waals surface area contributed by atoms with E-state index in [-0.39, 0.29) is 24.1 Å². The Morgan fingerprint density at radius 2 is 2.10 bits per heavy atom. The van der Waals surface area contributed by atoms with E-state index >= 15 is 0 Å². The van der Waals surface area contributed by atoms with E-state index in [4.69, 9.17) is 4.74 Å². The molecule has 1 unspecified atom stereocenters. The fourth-order valence-electron chi connectivity index (χ4n) is 1.86. The minimum Gasteiger partial charge on any atom is -0.461 e. The number of amides is 1. The van der Waals surface area contributed by atoms with E-state index in [2.05, 4.69) is 30.9 Å². The molecule has 1 saturated heterocycles. The summed E-state index contributed by atoms with van der Waals surface area (Å²) in [6, 6.07) is 0.393. The molecular weight excluding hydrogens is 260 g/mol. The van der Waals surface area contributed by atoms with Crippen LogP contribution in [-0.2, 0) is 4.79 Å². The van der Waals surface area contributed by atoms with Gasteiger partial charge in [0.15, 0.2) is 0 Å². The fourth-order valence-corrected chi connectivity index (χ4v) is 1.86. The first-order valence-electron chi connectivity index (χ1n) is 6.70. The zero-order valence-corrected chi connectivity index (χ0v) is 11.9. The average molecular weight is 280 g/mol. The van der Waals surface area contributed by atoms with Crippen LogP contribution in [0.2, 0.25) is 0 Å². The van der Waals surface area contributed by atoms with Crippen molar-refractivity contribution in [1.82, 2.24) is 20.3 Å². The van der Waals surface area contributed by atoms with E-state index in [0.717, 1.165) is 6.42 Å². The summed E-state index contributed by atoms with van der Waals surface area (Å²) in [5, 5.41) is 8.84. The van der Waals surface area contributed by atoms with Gasteiger partial charge in [0, 0.05) is 26.1 Å². The van der Waals surface area contributed by atoms with Crippen LogP contribution in [0.4, 0.5) is 11.9 Å². The number of nitrogens with zero attached hydrogens (tertiary/aromatic N) is 3. The highest BCUT2D eigenvalue weighted by Gasteiger charge is 2.20. The summed E-state index contributed by atoms with van der Waals surface area (Å²) in [6.45, 7) is 4.40. The van der Waals surface area contributed by atoms with Crippen LogP contribution in [0.25, 0.3) is 0 Å². The number of nitrogens with one attached hydrogen (secondary N) is 3. The molecule has 1 aromatic heterocycles. The molecule has 0 spiro atoms. The van der Waals surface area contributed by atoms with E-state index in [1.807, 2.05) is 13.8 Å². The highest BCUT2D eigenvalue weighted by molar-refractivity contribution is 5.78. The van der Waals surface area contributed by atoms with Crippen molar-refractivity contribution < 1.29 is 9.53 Å². The van der Waals surface area contributed by atoms with Crippen molar-refractivity contribution in [3.63, 3.8) is 0 Å². The molecule has 8 nitrogen and oxygen atoms in total. The molecule has 8 heteroatoms. The van der Waals surface area contributed by atoms with Crippen molar-refractivity contribution in [2.75, 3.05) is 24.2 Å². The predicted octanol–water partition coefficient (Wildman–Crippen LogP) is 0.391. The molecule has 0 saturated carbocycles. The topological polar surface area (TPSA) is 101 Å². The molecule has 0 radical (unpaired) electrons. The smallest absolute Gasteiger partial charge is 0.323 e. The van der Waals surface area contributed by atoms with Crippen molar-refractivity contribution >= 4 is 17.8 Å². The maximum absolute atomic E-state index is 11.1. The normalized spacial score (nSPS) is 18.0. The Morgan fingerprint density at radius 1 is 1.35 bits per heavy atom. The van der Waals surface area contributed by atoms with Gasteiger partial charge in [-0.15, -0.1) is 0 Å². The quantitative estimate of drug-likeness (QED) is 0.693. The third-order valence-corrected chi connectivity index (χ3v) is 2.77. The van der Waals surface area contributed by atoms with Gasteiger partial charge in [0.05, 0.1) is 6.10 Å². The second kappa shape index (κ2) is 6.36. The first kappa shape index (κ1) is 14.3. The Hall–Kier alpha value is -2.12. The number of aromatic nitrogens is 3. The van der Waals surface area contributed by atoms with Gasteiger partial charge < -0.3 is 20.7 Å². The molecule has 1 fully saturated rings. The van der Waals surface area contributed by atoms with Crippen LogP contribution in [0.5, 0.6) is 6.01 Å². The molecule has 2 heterocycles. The molecule has 2 rings (SSSR count). The lowest BCUT2D eigenvalue weighted by Crippen LogP contribution is -2.32. The number of anilines is 2. The van der Waals surface area contributed by atoms with Crippen LogP contribution in [0.3, 0.4) is 0 Å². The molecule has 0 bridgehead atoms. The number of hydrogen-bond donors (Lipinski definition) is 3. The summed E-state index contributed by atoms with van der Waals surface area (Å²) in [5.74, 6) is 0.960. The number of hydrogen-bond acceptors (Lipinski definition) is 7. The monoisotopic (exact) mass is 280 g/mol. The van der Waals surface area contributed by atoms with Crippen LogP contribution in [0.1, 0.15) is 26.7 Å². The lowest BCUT2D eigenvalue weighted by Gasteiger charge is -2.13.